The highest BCUT2D eigenvalue weighted by atomic mass is 19.1. The van der Waals surface area contributed by atoms with Crippen LogP contribution in [-0.4, -0.2) is 24.5 Å². The number of hydrogen-bond donors (Lipinski definition) is 0. The summed E-state index contributed by atoms with van der Waals surface area (Å²) in [5.74, 6) is 0.864. The van der Waals surface area contributed by atoms with Gasteiger partial charge in [-0.05, 0) is 94.3 Å². The van der Waals surface area contributed by atoms with Crippen LogP contribution in [-0.2, 0) is 12.8 Å². The van der Waals surface area contributed by atoms with Crippen molar-refractivity contribution < 1.29 is 4.39 Å². The van der Waals surface area contributed by atoms with Crippen molar-refractivity contribution in [3.63, 3.8) is 0 Å². The molecule has 2 rings (SSSR count). The van der Waals surface area contributed by atoms with Gasteiger partial charge in [-0.15, -0.1) is 0 Å². The summed E-state index contributed by atoms with van der Waals surface area (Å²) < 4.78 is 15.5. The lowest BCUT2D eigenvalue weighted by Crippen LogP contribution is -2.43. The number of unbranched alkanes of at least 4 members (excludes halogenated alkanes) is 5. The van der Waals surface area contributed by atoms with Crippen LogP contribution in [0.4, 0.5) is 4.39 Å². The second-order valence-corrected chi connectivity index (χ2v) is 11.7. The number of rotatable bonds is 15. The summed E-state index contributed by atoms with van der Waals surface area (Å²) in [5, 5.41) is 0. The second-order valence-electron chi connectivity index (χ2n) is 11.7. The van der Waals surface area contributed by atoms with E-state index in [4.69, 9.17) is 0 Å². The average molecular weight is 484 g/mol. The van der Waals surface area contributed by atoms with Crippen LogP contribution >= 0.6 is 0 Å². The third kappa shape index (κ3) is 8.04. The summed E-state index contributed by atoms with van der Waals surface area (Å²) >= 11 is 0. The van der Waals surface area contributed by atoms with E-state index in [-0.39, 0.29) is 11.4 Å². The molecule has 1 nitrogen and oxygen atoms in total. The highest BCUT2D eigenvalue weighted by Gasteiger charge is 2.38. The molecule has 0 N–H and O–H groups in total. The van der Waals surface area contributed by atoms with Gasteiger partial charge in [0.05, 0.1) is 0 Å². The maximum Gasteiger partial charge on any atom is 0.129 e. The van der Waals surface area contributed by atoms with Gasteiger partial charge in [0.15, 0.2) is 0 Å². The first-order chi connectivity index (χ1) is 16.6. The van der Waals surface area contributed by atoms with E-state index >= 15 is 4.39 Å². The van der Waals surface area contributed by atoms with Gasteiger partial charge < -0.3 is 0 Å². The lowest BCUT2D eigenvalue weighted by atomic mass is 9.81. The maximum absolute atomic E-state index is 15.5. The third-order valence-electron chi connectivity index (χ3n) is 8.99. The van der Waals surface area contributed by atoms with Crippen molar-refractivity contribution in [1.82, 2.24) is 4.90 Å². The molecule has 0 unspecified atom stereocenters. The van der Waals surface area contributed by atoms with Gasteiger partial charge in [0.25, 0.3) is 0 Å². The summed E-state index contributed by atoms with van der Waals surface area (Å²) in [5.41, 5.74) is 6.63. The molecule has 1 fully saturated rings. The number of benzene rings is 1. The van der Waals surface area contributed by atoms with Gasteiger partial charge in [-0.25, -0.2) is 4.39 Å². The second kappa shape index (κ2) is 14.4. The molecule has 1 aromatic rings. The highest BCUT2D eigenvalue weighted by molar-refractivity contribution is 5.43. The van der Waals surface area contributed by atoms with E-state index in [1.54, 1.807) is 0 Å². The number of hydrogen-bond acceptors (Lipinski definition) is 1. The third-order valence-corrected chi connectivity index (χ3v) is 8.99. The molecule has 0 aromatic heterocycles. The largest absolute Gasteiger partial charge is 0.300 e. The summed E-state index contributed by atoms with van der Waals surface area (Å²) in [7, 11) is 4.38. The molecule has 1 saturated carbocycles. The first-order valence-corrected chi connectivity index (χ1v) is 14.4. The first kappa shape index (κ1) is 29.8. The van der Waals surface area contributed by atoms with E-state index in [9.17, 15) is 0 Å². The van der Waals surface area contributed by atoms with E-state index in [1.807, 2.05) is 13.0 Å². The molecule has 0 bridgehead atoms. The zero-order chi connectivity index (χ0) is 26.0. The normalized spacial score (nSPS) is 17.1. The molecule has 0 aliphatic heterocycles. The van der Waals surface area contributed by atoms with Crippen molar-refractivity contribution in [1.29, 1.82) is 0 Å². The molecule has 0 amide bonds. The lowest BCUT2D eigenvalue weighted by molar-refractivity contribution is 0.198. The van der Waals surface area contributed by atoms with Crippen LogP contribution < -0.4 is 0 Å². The Morgan fingerprint density at radius 1 is 1.00 bits per heavy atom. The summed E-state index contributed by atoms with van der Waals surface area (Å²) in [6.45, 7) is 15.3. The molecule has 0 spiro atoms. The average Bonchev–Trinajstić information content (AvgIpc) is 3.33. The highest BCUT2D eigenvalue weighted by Crippen LogP contribution is 2.42. The summed E-state index contributed by atoms with van der Waals surface area (Å²) in [4.78, 5) is 2.38. The molecule has 198 valence electrons. The smallest absolute Gasteiger partial charge is 0.129 e. The van der Waals surface area contributed by atoms with Crippen LogP contribution in [0.25, 0.3) is 0 Å². The molecule has 1 aliphatic carbocycles. The fraction of sp³-hybridized carbons (Fsp3) is 0.697. The molecular weight excluding hydrogens is 429 g/mol. The number of allylic oxidation sites excluding steroid dienone is 2. The van der Waals surface area contributed by atoms with Gasteiger partial charge in [0.2, 0.25) is 0 Å². The van der Waals surface area contributed by atoms with Crippen molar-refractivity contribution in [3.05, 3.63) is 57.9 Å². The Bertz CT molecular complexity index is 841. The Kier molecular flexibility index (Phi) is 12.2. The van der Waals surface area contributed by atoms with Crippen LogP contribution in [0.5, 0.6) is 0 Å². The van der Waals surface area contributed by atoms with Gasteiger partial charge in [0.1, 0.15) is 5.82 Å². The zero-order valence-corrected chi connectivity index (χ0v) is 24.2. The Balaban J connectivity index is 1.99. The maximum atomic E-state index is 15.5. The monoisotopic (exact) mass is 483 g/mol. The van der Waals surface area contributed by atoms with Gasteiger partial charge in [-0.3, -0.25) is 4.90 Å². The van der Waals surface area contributed by atoms with E-state index in [2.05, 4.69) is 59.3 Å². The molecule has 0 heterocycles. The van der Waals surface area contributed by atoms with Crippen LogP contribution in [0.15, 0.2) is 35.4 Å². The summed E-state index contributed by atoms with van der Waals surface area (Å²) in [6, 6.07) is 4.22. The molecule has 1 aliphatic rings. The number of likely N-dealkylation sites (N-methyl/N-ethyl adjacent to an activating group) is 1. The van der Waals surface area contributed by atoms with E-state index < -0.39 is 0 Å². The molecule has 0 radical (unpaired) electrons. The van der Waals surface area contributed by atoms with Gasteiger partial charge in [0, 0.05) is 12.0 Å². The van der Waals surface area contributed by atoms with Crippen molar-refractivity contribution in [3.8, 4) is 0 Å². The number of nitrogens with zero attached hydrogens (tertiary/aromatic N) is 1. The van der Waals surface area contributed by atoms with Crippen LogP contribution in [0, 0.1) is 18.7 Å². The number of halogens is 1. The predicted octanol–water partition coefficient (Wildman–Crippen LogP) is 9.76. The Hall–Kier alpha value is -1.41. The Morgan fingerprint density at radius 3 is 2.14 bits per heavy atom. The van der Waals surface area contributed by atoms with Gasteiger partial charge >= 0.3 is 0 Å². The fourth-order valence-corrected chi connectivity index (χ4v) is 6.10. The standard InChI is InChI=1S/C33H54FN/c1-9-26(4)18-14-12-10-11-13-15-19-29-20-21-30(32(34)27(29)5)24-31(25(2)3)28(6)33(35(7)8)22-16-17-23-33/h20-21,26H,2,9-19,22-24H2,1,3-8H3/b31-28+/t26-/m1/s1. The van der Waals surface area contributed by atoms with Gasteiger partial charge in [-0.1, -0.05) is 95.9 Å². The van der Waals surface area contributed by atoms with E-state index in [0.717, 1.165) is 35.5 Å². The topological polar surface area (TPSA) is 3.24 Å². The molecular formula is C33H54FN. The summed E-state index contributed by atoms with van der Waals surface area (Å²) in [6.07, 6.45) is 17.0. The van der Waals surface area contributed by atoms with E-state index in [0.29, 0.717) is 6.42 Å². The molecule has 2 heteroatoms. The minimum Gasteiger partial charge on any atom is -0.300 e. The molecule has 0 saturated heterocycles. The van der Waals surface area contributed by atoms with Crippen LogP contribution in [0.2, 0.25) is 0 Å². The molecule has 1 aromatic carbocycles. The Labute approximate surface area is 217 Å². The number of aryl methyl sites for hydroxylation is 1. The molecule has 1 atom stereocenters. The van der Waals surface area contributed by atoms with Crippen molar-refractivity contribution in [2.75, 3.05) is 14.1 Å². The van der Waals surface area contributed by atoms with Crippen molar-refractivity contribution in [2.24, 2.45) is 5.92 Å². The lowest BCUT2D eigenvalue weighted by Gasteiger charge is -2.39. The van der Waals surface area contributed by atoms with Crippen LogP contribution in [0.1, 0.15) is 121 Å². The van der Waals surface area contributed by atoms with E-state index in [1.165, 1.54) is 87.3 Å². The van der Waals surface area contributed by atoms with Gasteiger partial charge in [-0.2, -0.15) is 0 Å². The van der Waals surface area contributed by atoms with Crippen molar-refractivity contribution >= 4 is 0 Å². The first-order valence-electron chi connectivity index (χ1n) is 14.4. The fourth-order valence-electron chi connectivity index (χ4n) is 6.10. The SMILES string of the molecule is C=C(C)/C(Cc1ccc(CCCCCCCC[C@H](C)CC)c(C)c1F)=C(\C)C1(N(C)C)CCCC1. The quantitative estimate of drug-likeness (QED) is 0.177. The van der Waals surface area contributed by atoms with Crippen molar-refractivity contribution in [2.45, 2.75) is 130 Å². The Morgan fingerprint density at radius 2 is 1.57 bits per heavy atom. The molecule has 35 heavy (non-hydrogen) atoms. The predicted molar refractivity (Wildman–Crippen MR) is 153 cm³/mol. The zero-order valence-electron chi connectivity index (χ0n) is 24.2. The minimum atomic E-state index is -0.00980. The van der Waals surface area contributed by atoms with Crippen LogP contribution in [0.3, 0.4) is 0 Å². The minimum absolute atomic E-state index is 0.00980.